The molecule has 0 unspecified atom stereocenters. The van der Waals surface area contributed by atoms with Gasteiger partial charge in [-0.15, -0.1) is 0 Å². The molecule has 6 heteroatoms. The maximum atomic E-state index is 13.2. The van der Waals surface area contributed by atoms with Crippen molar-refractivity contribution in [3.63, 3.8) is 0 Å². The van der Waals surface area contributed by atoms with E-state index in [1.807, 2.05) is 42.6 Å². The van der Waals surface area contributed by atoms with E-state index >= 15 is 0 Å². The lowest BCUT2D eigenvalue weighted by Crippen LogP contribution is -3.00. The van der Waals surface area contributed by atoms with Crippen molar-refractivity contribution in [2.75, 3.05) is 6.54 Å². The molecule has 0 saturated carbocycles. The van der Waals surface area contributed by atoms with E-state index < -0.39 is 11.7 Å². The highest BCUT2D eigenvalue weighted by atomic mass is 35.5. The molecule has 0 radical (unpaired) electrons. The van der Waals surface area contributed by atoms with Crippen LogP contribution in [0.25, 0.3) is 22.0 Å². The molecule has 2 nitrogen and oxygen atoms in total. The second kappa shape index (κ2) is 9.51. The number of nitrogens with zero attached hydrogens (tertiary/aromatic N) is 1. The smallest absolute Gasteiger partial charge is 0.416 e. The number of fused-ring (bicyclic) bond motifs is 2. The van der Waals surface area contributed by atoms with Crippen LogP contribution < -0.4 is 12.4 Å². The highest BCUT2D eigenvalue weighted by Crippen LogP contribution is 2.41. The molecule has 174 valence electrons. The minimum Gasteiger partial charge on any atom is -1.00 e. The number of hydrogen-bond acceptors (Lipinski definition) is 0. The Morgan fingerprint density at radius 2 is 1.62 bits per heavy atom. The summed E-state index contributed by atoms with van der Waals surface area (Å²) in [5, 5.41) is 1.04. The number of allylic oxidation sites excluding steroid dienone is 1. The summed E-state index contributed by atoms with van der Waals surface area (Å²) in [6.07, 6.45) is 1.88. The molecule has 34 heavy (non-hydrogen) atoms. The Morgan fingerprint density at radius 1 is 0.912 bits per heavy atom. The van der Waals surface area contributed by atoms with Crippen LogP contribution in [-0.4, -0.2) is 22.3 Å². The van der Waals surface area contributed by atoms with Gasteiger partial charge in [-0.3, -0.25) is 0 Å². The van der Waals surface area contributed by atoms with Crippen LogP contribution in [-0.2, 0) is 6.18 Å². The van der Waals surface area contributed by atoms with Gasteiger partial charge >= 0.3 is 6.18 Å². The lowest BCUT2D eigenvalue weighted by molar-refractivity contribution is -0.432. The molecule has 2 heterocycles. The number of benzene rings is 3. The van der Waals surface area contributed by atoms with Crippen LogP contribution in [0.1, 0.15) is 42.0 Å². The summed E-state index contributed by atoms with van der Waals surface area (Å²) in [5.41, 5.74) is 6.24. The van der Waals surface area contributed by atoms with E-state index in [4.69, 9.17) is 0 Å². The fraction of sp³-hybridized carbons (Fsp3) is 0.179. The average molecular weight is 481 g/mol. The summed E-state index contributed by atoms with van der Waals surface area (Å²) in [4.78, 5) is 3.33. The topological polar surface area (TPSA) is 18.8 Å². The Bertz CT molecular complexity index is 1380. The molecule has 0 spiro atoms. The first-order valence-electron chi connectivity index (χ1n) is 11.2. The van der Waals surface area contributed by atoms with Crippen LogP contribution in [0.5, 0.6) is 0 Å². The van der Waals surface area contributed by atoms with Crippen molar-refractivity contribution >= 4 is 34.0 Å². The lowest BCUT2D eigenvalue weighted by Gasteiger charge is -2.12. The SMILES string of the molecule is CCCC[N+]1=CC(=C(c2ccc(C(F)(F)F)cc2)c2c[nH]c3ccccc23)c2ccccc21.[Cl-]. The maximum absolute atomic E-state index is 13.2. The molecule has 0 aliphatic carbocycles. The van der Waals surface area contributed by atoms with Crippen molar-refractivity contribution in [2.24, 2.45) is 0 Å². The first-order chi connectivity index (χ1) is 16.0. The zero-order chi connectivity index (χ0) is 23.0. The van der Waals surface area contributed by atoms with Crippen LogP contribution >= 0.6 is 0 Å². The minimum absolute atomic E-state index is 0. The van der Waals surface area contributed by atoms with Gasteiger partial charge < -0.3 is 17.4 Å². The Balaban J connectivity index is 0.00000274. The Hall–Kier alpha value is -3.31. The first kappa shape index (κ1) is 23.8. The van der Waals surface area contributed by atoms with E-state index in [1.165, 1.54) is 12.1 Å². The van der Waals surface area contributed by atoms with Gasteiger partial charge in [0.05, 0.1) is 16.7 Å². The molecular weight excluding hydrogens is 457 g/mol. The lowest BCUT2D eigenvalue weighted by atomic mass is 9.89. The van der Waals surface area contributed by atoms with Gasteiger partial charge in [-0.05, 0) is 29.8 Å². The molecule has 1 aromatic heterocycles. The van der Waals surface area contributed by atoms with Gasteiger partial charge in [0.15, 0.2) is 6.21 Å². The summed E-state index contributed by atoms with van der Waals surface area (Å²) in [6, 6.07) is 21.7. The van der Waals surface area contributed by atoms with E-state index in [1.54, 1.807) is 12.1 Å². The van der Waals surface area contributed by atoms with Gasteiger partial charge in [-0.25, -0.2) is 0 Å². The highest BCUT2D eigenvalue weighted by molar-refractivity contribution is 6.25. The number of H-pyrrole nitrogens is 1. The molecule has 1 aliphatic rings. The molecule has 0 atom stereocenters. The van der Waals surface area contributed by atoms with Gasteiger partial charge in [-0.1, -0.05) is 55.8 Å². The van der Waals surface area contributed by atoms with Crippen molar-refractivity contribution in [3.8, 4) is 0 Å². The number of para-hydroxylation sites is 2. The molecule has 0 bridgehead atoms. The monoisotopic (exact) mass is 480 g/mol. The van der Waals surface area contributed by atoms with Crippen molar-refractivity contribution in [1.29, 1.82) is 0 Å². The van der Waals surface area contributed by atoms with Crippen LogP contribution in [0.3, 0.4) is 0 Å². The van der Waals surface area contributed by atoms with E-state index in [9.17, 15) is 13.2 Å². The standard InChI is InChI=1S/C28H23F3N2.ClH/c1-2-3-16-33-18-24(22-9-5-7-11-26(22)33)27(19-12-14-20(15-13-19)28(29,30)31)23-17-32-25-10-6-4-8-21(23)25;/h4-15,17-18H,2-3,16H2,1H3;1H. The van der Waals surface area contributed by atoms with Crippen LogP contribution in [0, 0.1) is 0 Å². The third kappa shape index (κ3) is 4.28. The summed E-state index contributed by atoms with van der Waals surface area (Å²) in [5.74, 6) is 0. The van der Waals surface area contributed by atoms with Gasteiger partial charge in [-0.2, -0.15) is 17.7 Å². The maximum Gasteiger partial charge on any atom is 0.416 e. The number of rotatable bonds is 5. The number of alkyl halides is 3. The zero-order valence-electron chi connectivity index (χ0n) is 18.7. The predicted octanol–water partition coefficient (Wildman–Crippen LogP) is 4.68. The fourth-order valence-electron chi connectivity index (χ4n) is 4.52. The van der Waals surface area contributed by atoms with Gasteiger partial charge in [0.25, 0.3) is 0 Å². The van der Waals surface area contributed by atoms with E-state index in [2.05, 4.69) is 34.8 Å². The largest absolute Gasteiger partial charge is 1.00 e. The number of halogens is 4. The normalized spacial score (nSPS) is 14.5. The van der Waals surface area contributed by atoms with E-state index in [0.29, 0.717) is 0 Å². The summed E-state index contributed by atoms with van der Waals surface area (Å²) in [7, 11) is 0. The van der Waals surface area contributed by atoms with Crippen molar-refractivity contribution in [3.05, 3.63) is 101 Å². The molecule has 3 aromatic carbocycles. The first-order valence-corrected chi connectivity index (χ1v) is 11.2. The minimum atomic E-state index is -4.37. The summed E-state index contributed by atoms with van der Waals surface area (Å²) >= 11 is 0. The molecule has 0 amide bonds. The number of nitrogens with one attached hydrogen (secondary N) is 1. The third-order valence-corrected chi connectivity index (χ3v) is 6.17. The Kier molecular flexibility index (Phi) is 6.67. The number of aromatic nitrogens is 1. The number of unbranched alkanes of at least 4 members (excludes halogenated alkanes) is 1. The Morgan fingerprint density at radius 3 is 2.35 bits per heavy atom. The van der Waals surface area contributed by atoms with Crippen molar-refractivity contribution in [2.45, 2.75) is 25.9 Å². The molecule has 0 saturated heterocycles. The van der Waals surface area contributed by atoms with Crippen molar-refractivity contribution < 1.29 is 30.2 Å². The van der Waals surface area contributed by atoms with Crippen molar-refractivity contribution in [1.82, 2.24) is 4.98 Å². The number of hydrogen-bond donors (Lipinski definition) is 1. The zero-order valence-corrected chi connectivity index (χ0v) is 19.4. The summed E-state index contributed by atoms with van der Waals surface area (Å²) in [6.45, 7) is 3.06. The third-order valence-electron chi connectivity index (χ3n) is 6.17. The highest BCUT2D eigenvalue weighted by Gasteiger charge is 2.32. The second-order valence-corrected chi connectivity index (χ2v) is 8.30. The predicted molar refractivity (Wildman–Crippen MR) is 128 cm³/mol. The molecule has 4 aromatic rings. The fourth-order valence-corrected chi connectivity index (χ4v) is 4.52. The second-order valence-electron chi connectivity index (χ2n) is 8.30. The number of aromatic amines is 1. The van der Waals surface area contributed by atoms with E-state index in [-0.39, 0.29) is 12.4 Å². The molecular formula is C28H24ClF3N2. The molecule has 1 aliphatic heterocycles. The average Bonchev–Trinajstić information content (AvgIpc) is 3.40. The van der Waals surface area contributed by atoms with Gasteiger partial charge in [0.1, 0.15) is 6.54 Å². The molecule has 0 fully saturated rings. The quantitative estimate of drug-likeness (QED) is 0.400. The van der Waals surface area contributed by atoms with Crippen LogP contribution in [0.2, 0.25) is 0 Å². The van der Waals surface area contributed by atoms with Gasteiger partial charge in [0.2, 0.25) is 5.69 Å². The Labute approximate surface area is 202 Å². The summed E-state index contributed by atoms with van der Waals surface area (Å²) < 4.78 is 42.0. The van der Waals surface area contributed by atoms with E-state index in [0.717, 1.165) is 63.8 Å². The molecule has 1 N–H and O–H groups in total. The van der Waals surface area contributed by atoms with Gasteiger partial charge in [0, 0.05) is 40.7 Å². The van der Waals surface area contributed by atoms with Crippen LogP contribution in [0.4, 0.5) is 18.9 Å². The molecule has 5 rings (SSSR count). The van der Waals surface area contributed by atoms with Crippen LogP contribution in [0.15, 0.2) is 79.0 Å².